The Morgan fingerprint density at radius 2 is 1.93 bits per heavy atom. The van der Waals surface area contributed by atoms with Gasteiger partial charge < -0.3 is 9.63 Å². The van der Waals surface area contributed by atoms with E-state index in [-0.39, 0.29) is 16.4 Å². The highest BCUT2D eigenvalue weighted by Crippen LogP contribution is 2.22. The molecule has 1 heterocycles. The molecule has 1 atom stereocenters. The number of hydrogen-bond acceptors (Lipinski definition) is 5. The van der Waals surface area contributed by atoms with Crippen LogP contribution in [0.1, 0.15) is 20.7 Å². The lowest BCUT2D eigenvalue weighted by atomic mass is 10.1. The molecule has 5 nitrogen and oxygen atoms in total. The maximum atomic E-state index is 11.1. The summed E-state index contributed by atoms with van der Waals surface area (Å²) < 4.78 is 15.0. The zero-order valence-corrected chi connectivity index (χ0v) is 7.61. The summed E-state index contributed by atoms with van der Waals surface area (Å²) in [5.41, 5.74) is -0.152. The van der Waals surface area contributed by atoms with Crippen molar-refractivity contribution in [2.75, 3.05) is 0 Å². The number of hydrogen-bond donors (Lipinski definition) is 0. The van der Waals surface area contributed by atoms with Crippen LogP contribution in [0.2, 0.25) is 0 Å². The van der Waals surface area contributed by atoms with Gasteiger partial charge in [-0.15, -0.1) is 0 Å². The summed E-state index contributed by atoms with van der Waals surface area (Å²) >= 11 is 0. The minimum Gasteiger partial charge on any atom is -0.591 e. The molecule has 0 aliphatic carbocycles. The summed E-state index contributed by atoms with van der Waals surface area (Å²) in [6.45, 7) is 0. The van der Waals surface area contributed by atoms with Crippen LogP contribution >= 0.6 is 8.03 Å². The number of cyclic esters (lactones) is 2. The fraction of sp³-hybridized carbons (Fsp3) is 0. The average Bonchev–Trinajstić information content (AvgIpc) is 2.43. The quantitative estimate of drug-likeness (QED) is 0.361. The number of ether oxygens (including phenoxy) is 1. The van der Waals surface area contributed by atoms with Crippen molar-refractivity contribution in [2.24, 2.45) is 0 Å². The Hall–Kier alpha value is -1.58. The summed E-state index contributed by atoms with van der Waals surface area (Å²) in [7, 11) is -2.90. The molecular weight excluding hydrogens is 207 g/mol. The van der Waals surface area contributed by atoms with Crippen LogP contribution < -0.4 is 10.2 Å². The van der Waals surface area contributed by atoms with E-state index in [1.807, 2.05) is 0 Å². The van der Waals surface area contributed by atoms with Crippen molar-refractivity contribution in [1.82, 2.24) is 0 Å². The Kier molecular flexibility index (Phi) is 1.91. The van der Waals surface area contributed by atoms with Crippen molar-refractivity contribution in [3.05, 3.63) is 29.3 Å². The zero-order valence-electron chi connectivity index (χ0n) is 6.72. The van der Waals surface area contributed by atoms with Gasteiger partial charge in [0, 0.05) is 0 Å². The molecule has 0 bridgehead atoms. The highest BCUT2D eigenvalue weighted by Gasteiger charge is 2.36. The minimum atomic E-state index is -2.90. The molecular formula is C8H3O5P. The normalized spacial score (nSPS) is 15.1. The van der Waals surface area contributed by atoms with E-state index in [9.17, 15) is 19.0 Å². The van der Waals surface area contributed by atoms with Crippen LogP contribution in [-0.2, 0) is 9.30 Å². The first kappa shape index (κ1) is 8.99. The number of fused-ring (bicyclic) bond motifs is 1. The van der Waals surface area contributed by atoms with Gasteiger partial charge in [0.25, 0.3) is 0 Å². The van der Waals surface area contributed by atoms with E-state index < -0.39 is 20.0 Å². The van der Waals surface area contributed by atoms with Gasteiger partial charge in [0.1, 0.15) is 5.56 Å². The Balaban J connectivity index is 2.74. The summed E-state index contributed by atoms with van der Waals surface area (Å²) in [5, 5.41) is -0.173. The molecule has 0 saturated heterocycles. The summed E-state index contributed by atoms with van der Waals surface area (Å²) in [6, 6.07) is 3.99. The summed E-state index contributed by atoms with van der Waals surface area (Å²) in [4.78, 5) is 32.8. The third kappa shape index (κ3) is 1.14. The van der Waals surface area contributed by atoms with Crippen molar-refractivity contribution in [3.63, 3.8) is 0 Å². The van der Waals surface area contributed by atoms with Gasteiger partial charge in [0.15, 0.2) is 0 Å². The predicted molar refractivity (Wildman–Crippen MR) is 43.4 cm³/mol. The number of rotatable bonds is 1. The summed E-state index contributed by atoms with van der Waals surface area (Å²) in [6.07, 6.45) is 0. The Morgan fingerprint density at radius 3 is 2.57 bits per heavy atom. The lowest BCUT2D eigenvalue weighted by Crippen LogP contribution is -2.14. The van der Waals surface area contributed by atoms with Crippen LogP contribution in [0.5, 0.6) is 0 Å². The second-order valence-corrected chi connectivity index (χ2v) is 3.63. The fourth-order valence-corrected chi connectivity index (χ4v) is 1.87. The molecule has 2 rings (SSSR count). The first-order valence-corrected chi connectivity index (χ1v) is 4.83. The first-order valence-electron chi connectivity index (χ1n) is 3.65. The van der Waals surface area contributed by atoms with E-state index in [1.54, 1.807) is 0 Å². The van der Waals surface area contributed by atoms with E-state index >= 15 is 0 Å². The van der Waals surface area contributed by atoms with Crippen molar-refractivity contribution in [1.29, 1.82) is 0 Å². The van der Waals surface area contributed by atoms with Crippen molar-refractivity contribution in [2.45, 2.75) is 0 Å². The number of carbonyl (C=O) groups is 2. The average molecular weight is 210 g/mol. The number of benzene rings is 1. The number of esters is 2. The topological polar surface area (TPSA) is 83.5 Å². The number of carbonyl (C=O) groups excluding carboxylic acids is 2. The van der Waals surface area contributed by atoms with E-state index in [2.05, 4.69) is 4.74 Å². The minimum absolute atomic E-state index is 0.00620. The SMILES string of the molecule is O=C1OC(=O)c2c1cccc2[P+](=O)[O-]. The van der Waals surface area contributed by atoms with Gasteiger partial charge in [0.05, 0.1) is 5.56 Å². The lowest BCUT2D eigenvalue weighted by molar-refractivity contribution is -0.160. The molecule has 1 aliphatic rings. The molecule has 1 aromatic rings. The molecule has 0 saturated carbocycles. The highest BCUT2D eigenvalue weighted by molar-refractivity contribution is 7.46. The Morgan fingerprint density at radius 1 is 1.21 bits per heavy atom. The van der Waals surface area contributed by atoms with Gasteiger partial charge in [-0.3, -0.25) is 0 Å². The molecule has 6 heteroatoms. The Labute approximate surface area is 79.2 Å². The monoisotopic (exact) mass is 210 g/mol. The molecule has 0 spiro atoms. The van der Waals surface area contributed by atoms with Gasteiger partial charge in [-0.1, -0.05) is 10.6 Å². The largest absolute Gasteiger partial charge is 0.591 e. The van der Waals surface area contributed by atoms with E-state index in [1.165, 1.54) is 18.2 Å². The van der Waals surface area contributed by atoms with Gasteiger partial charge in [0.2, 0.25) is 5.30 Å². The van der Waals surface area contributed by atoms with E-state index in [0.717, 1.165) is 0 Å². The predicted octanol–water partition coefficient (Wildman–Crippen LogP) is -0.275. The van der Waals surface area contributed by atoms with Crippen LogP contribution in [0.25, 0.3) is 0 Å². The van der Waals surface area contributed by atoms with E-state index in [0.29, 0.717) is 0 Å². The molecule has 0 N–H and O–H groups in total. The molecule has 1 unspecified atom stereocenters. The van der Waals surface area contributed by atoms with Crippen molar-refractivity contribution < 1.29 is 23.8 Å². The van der Waals surface area contributed by atoms with Gasteiger partial charge in [-0.25, -0.2) is 9.59 Å². The molecule has 0 radical (unpaired) electrons. The zero-order chi connectivity index (χ0) is 10.3. The molecule has 70 valence electrons. The fourth-order valence-electron chi connectivity index (χ4n) is 1.27. The second-order valence-electron chi connectivity index (χ2n) is 2.63. The Bertz CT molecular complexity index is 465. The molecule has 0 amide bonds. The van der Waals surface area contributed by atoms with Gasteiger partial charge >= 0.3 is 20.0 Å². The lowest BCUT2D eigenvalue weighted by Gasteiger charge is -1.93. The third-order valence-corrected chi connectivity index (χ3v) is 2.61. The second kappa shape index (κ2) is 2.97. The standard InChI is InChI=1S/C8H3O5P/c9-7-4-2-1-3-5(14(11)12)6(4)8(10)13-7/h1-3H. The summed E-state index contributed by atoms with van der Waals surface area (Å²) in [5.74, 6) is -1.71. The molecule has 1 aliphatic heterocycles. The maximum Gasteiger partial charge on any atom is 0.351 e. The van der Waals surface area contributed by atoms with Crippen molar-refractivity contribution >= 4 is 25.3 Å². The van der Waals surface area contributed by atoms with Crippen LogP contribution in [0.15, 0.2) is 18.2 Å². The van der Waals surface area contributed by atoms with Crippen LogP contribution in [-0.4, -0.2) is 11.9 Å². The molecule has 0 fully saturated rings. The van der Waals surface area contributed by atoms with Gasteiger partial charge in [-0.05, 0) is 12.1 Å². The van der Waals surface area contributed by atoms with Crippen LogP contribution in [0, 0.1) is 0 Å². The molecule has 14 heavy (non-hydrogen) atoms. The molecule has 1 aromatic carbocycles. The third-order valence-electron chi connectivity index (χ3n) is 1.85. The molecule has 0 aromatic heterocycles. The van der Waals surface area contributed by atoms with Gasteiger partial charge in [-0.2, -0.15) is 0 Å². The maximum absolute atomic E-state index is 11.1. The van der Waals surface area contributed by atoms with E-state index in [4.69, 9.17) is 0 Å². The highest BCUT2D eigenvalue weighted by atomic mass is 31.1. The smallest absolute Gasteiger partial charge is 0.351 e. The first-order chi connectivity index (χ1) is 6.61. The van der Waals surface area contributed by atoms with Crippen LogP contribution in [0.3, 0.4) is 0 Å². The van der Waals surface area contributed by atoms with Crippen molar-refractivity contribution in [3.8, 4) is 0 Å². The van der Waals surface area contributed by atoms with Crippen LogP contribution in [0.4, 0.5) is 0 Å².